The lowest BCUT2D eigenvalue weighted by Gasteiger charge is -2.24. The molecule has 94 valence electrons. The first-order chi connectivity index (χ1) is 7.91. The molecule has 0 radical (unpaired) electrons. The van der Waals surface area contributed by atoms with E-state index in [0.29, 0.717) is 6.61 Å². The smallest absolute Gasteiger partial charge is 0.308 e. The minimum atomic E-state index is -0.119. The van der Waals surface area contributed by atoms with Crippen LogP contribution in [-0.4, -0.2) is 12.6 Å². The monoisotopic (exact) mass is 234 g/mol. The average Bonchev–Trinajstić information content (AvgIpc) is 2.26. The molecule has 0 heterocycles. The van der Waals surface area contributed by atoms with E-state index in [1.807, 2.05) is 32.0 Å². The van der Waals surface area contributed by atoms with Gasteiger partial charge in [0, 0.05) is 5.41 Å². The Balaban J connectivity index is 2.49. The molecule has 1 aromatic carbocycles. The zero-order valence-corrected chi connectivity index (χ0v) is 11.2. The Morgan fingerprint density at radius 3 is 2.35 bits per heavy atom. The van der Waals surface area contributed by atoms with Crippen molar-refractivity contribution in [3.8, 4) is 0 Å². The van der Waals surface area contributed by atoms with Crippen LogP contribution in [0.4, 0.5) is 0 Å². The lowest BCUT2D eigenvalue weighted by molar-refractivity contribution is -0.150. The fourth-order valence-electron chi connectivity index (χ4n) is 1.63. The Morgan fingerprint density at radius 2 is 1.82 bits per heavy atom. The van der Waals surface area contributed by atoms with Gasteiger partial charge in [-0.2, -0.15) is 0 Å². The van der Waals surface area contributed by atoms with Crippen LogP contribution < -0.4 is 0 Å². The average molecular weight is 234 g/mol. The summed E-state index contributed by atoms with van der Waals surface area (Å²) in [6.07, 6.45) is 0.916. The molecule has 0 amide bonds. The molecule has 0 saturated carbocycles. The van der Waals surface area contributed by atoms with Crippen molar-refractivity contribution in [2.24, 2.45) is 11.3 Å². The Hall–Kier alpha value is -1.31. The number of ether oxygens (including phenoxy) is 1. The van der Waals surface area contributed by atoms with E-state index in [0.717, 1.165) is 6.42 Å². The molecule has 0 unspecified atom stereocenters. The number of hydrogen-bond acceptors (Lipinski definition) is 2. The van der Waals surface area contributed by atoms with Crippen molar-refractivity contribution < 1.29 is 9.53 Å². The summed E-state index contributed by atoms with van der Waals surface area (Å²) in [5.41, 5.74) is 1.25. The van der Waals surface area contributed by atoms with Crippen molar-refractivity contribution in [3.63, 3.8) is 0 Å². The SMILES string of the molecule is CC(C)C(=O)OCC(C)(C)Cc1ccccc1. The quantitative estimate of drug-likeness (QED) is 0.729. The highest BCUT2D eigenvalue weighted by atomic mass is 16.5. The Bertz CT molecular complexity index is 352. The van der Waals surface area contributed by atoms with E-state index in [1.165, 1.54) is 5.56 Å². The van der Waals surface area contributed by atoms with Crippen molar-refractivity contribution in [2.45, 2.75) is 34.1 Å². The summed E-state index contributed by atoms with van der Waals surface area (Å²) in [5, 5.41) is 0. The number of carbonyl (C=O) groups excluding carboxylic acids is 1. The maximum Gasteiger partial charge on any atom is 0.308 e. The highest BCUT2D eigenvalue weighted by molar-refractivity contribution is 5.71. The number of hydrogen-bond donors (Lipinski definition) is 0. The maximum absolute atomic E-state index is 11.4. The van der Waals surface area contributed by atoms with Gasteiger partial charge in [0.2, 0.25) is 0 Å². The second-order valence-electron chi connectivity index (χ2n) is 5.59. The second kappa shape index (κ2) is 5.85. The summed E-state index contributed by atoms with van der Waals surface area (Å²) < 4.78 is 5.30. The van der Waals surface area contributed by atoms with E-state index in [-0.39, 0.29) is 17.3 Å². The molecule has 0 aliphatic rings. The van der Waals surface area contributed by atoms with Crippen LogP contribution in [0.15, 0.2) is 30.3 Å². The lowest BCUT2D eigenvalue weighted by Crippen LogP contribution is -2.25. The van der Waals surface area contributed by atoms with E-state index in [4.69, 9.17) is 4.74 Å². The molecule has 0 bridgehead atoms. The van der Waals surface area contributed by atoms with Gasteiger partial charge in [-0.3, -0.25) is 4.79 Å². The van der Waals surface area contributed by atoms with Gasteiger partial charge in [-0.1, -0.05) is 58.0 Å². The highest BCUT2D eigenvalue weighted by Gasteiger charge is 2.21. The van der Waals surface area contributed by atoms with Crippen LogP contribution in [0.25, 0.3) is 0 Å². The number of esters is 1. The largest absolute Gasteiger partial charge is 0.465 e. The van der Waals surface area contributed by atoms with Crippen LogP contribution in [0.3, 0.4) is 0 Å². The van der Waals surface area contributed by atoms with Crippen molar-refractivity contribution >= 4 is 5.97 Å². The third kappa shape index (κ3) is 5.03. The van der Waals surface area contributed by atoms with Gasteiger partial charge in [-0.25, -0.2) is 0 Å². The number of benzene rings is 1. The second-order valence-corrected chi connectivity index (χ2v) is 5.59. The maximum atomic E-state index is 11.4. The van der Waals surface area contributed by atoms with Crippen LogP contribution in [0, 0.1) is 11.3 Å². The van der Waals surface area contributed by atoms with Gasteiger partial charge in [0.05, 0.1) is 12.5 Å². The molecule has 0 saturated heterocycles. The summed E-state index contributed by atoms with van der Waals surface area (Å²) in [6, 6.07) is 10.3. The van der Waals surface area contributed by atoms with Gasteiger partial charge in [0.1, 0.15) is 0 Å². The molecule has 0 N–H and O–H groups in total. The lowest BCUT2D eigenvalue weighted by atomic mass is 9.87. The summed E-state index contributed by atoms with van der Waals surface area (Å²) in [7, 11) is 0. The summed E-state index contributed by atoms with van der Waals surface area (Å²) in [4.78, 5) is 11.4. The van der Waals surface area contributed by atoms with Gasteiger partial charge < -0.3 is 4.74 Å². The minimum absolute atomic E-state index is 0.0219. The Kier molecular flexibility index (Phi) is 4.73. The fourth-order valence-corrected chi connectivity index (χ4v) is 1.63. The summed E-state index contributed by atoms with van der Waals surface area (Å²) >= 11 is 0. The van der Waals surface area contributed by atoms with Gasteiger partial charge in [0.25, 0.3) is 0 Å². The predicted octanol–water partition coefficient (Wildman–Crippen LogP) is 3.45. The molecule has 0 aliphatic carbocycles. The van der Waals surface area contributed by atoms with E-state index in [9.17, 15) is 4.79 Å². The molecule has 2 heteroatoms. The molecule has 0 aromatic heterocycles. The van der Waals surface area contributed by atoms with Crippen LogP contribution >= 0.6 is 0 Å². The summed E-state index contributed by atoms with van der Waals surface area (Å²) in [6.45, 7) is 8.42. The molecule has 0 atom stereocenters. The van der Waals surface area contributed by atoms with Crippen molar-refractivity contribution in [1.82, 2.24) is 0 Å². The molecule has 2 nitrogen and oxygen atoms in total. The van der Waals surface area contributed by atoms with Crippen molar-refractivity contribution in [2.75, 3.05) is 6.61 Å². The van der Waals surface area contributed by atoms with Gasteiger partial charge in [0.15, 0.2) is 0 Å². The van der Waals surface area contributed by atoms with E-state index >= 15 is 0 Å². The van der Waals surface area contributed by atoms with Crippen LogP contribution in [0.2, 0.25) is 0 Å². The number of rotatable bonds is 5. The molecular formula is C15H22O2. The van der Waals surface area contributed by atoms with E-state index in [2.05, 4.69) is 26.0 Å². The van der Waals surface area contributed by atoms with Gasteiger partial charge in [-0.15, -0.1) is 0 Å². The third-order valence-electron chi connectivity index (χ3n) is 2.60. The topological polar surface area (TPSA) is 26.3 Å². The third-order valence-corrected chi connectivity index (χ3v) is 2.60. The molecule has 1 aromatic rings. The minimum Gasteiger partial charge on any atom is -0.465 e. The fraction of sp³-hybridized carbons (Fsp3) is 0.533. The van der Waals surface area contributed by atoms with E-state index in [1.54, 1.807) is 0 Å². The zero-order valence-electron chi connectivity index (χ0n) is 11.2. The Morgan fingerprint density at radius 1 is 1.24 bits per heavy atom. The molecule has 1 rings (SSSR count). The number of carbonyl (C=O) groups is 1. The first-order valence-electron chi connectivity index (χ1n) is 6.11. The summed E-state index contributed by atoms with van der Waals surface area (Å²) in [5.74, 6) is -0.173. The Labute approximate surface area is 104 Å². The van der Waals surface area contributed by atoms with Crippen molar-refractivity contribution in [3.05, 3.63) is 35.9 Å². The van der Waals surface area contributed by atoms with Crippen LogP contribution in [0.5, 0.6) is 0 Å². The van der Waals surface area contributed by atoms with Gasteiger partial charge >= 0.3 is 5.97 Å². The van der Waals surface area contributed by atoms with Crippen molar-refractivity contribution in [1.29, 1.82) is 0 Å². The van der Waals surface area contributed by atoms with Crippen LogP contribution in [-0.2, 0) is 16.0 Å². The van der Waals surface area contributed by atoms with E-state index < -0.39 is 0 Å². The van der Waals surface area contributed by atoms with Crippen LogP contribution in [0.1, 0.15) is 33.3 Å². The standard InChI is InChI=1S/C15H22O2/c1-12(2)14(16)17-11-15(3,4)10-13-8-6-5-7-9-13/h5-9,12H,10-11H2,1-4H3. The first-order valence-corrected chi connectivity index (χ1v) is 6.11. The zero-order chi connectivity index (χ0) is 12.9. The van der Waals surface area contributed by atoms with Gasteiger partial charge in [-0.05, 0) is 12.0 Å². The predicted molar refractivity (Wildman–Crippen MR) is 69.7 cm³/mol. The first kappa shape index (κ1) is 13.8. The highest BCUT2D eigenvalue weighted by Crippen LogP contribution is 2.22. The molecular weight excluding hydrogens is 212 g/mol. The molecule has 17 heavy (non-hydrogen) atoms. The molecule has 0 fully saturated rings. The molecule has 0 aliphatic heterocycles. The molecule has 0 spiro atoms. The normalized spacial score (nSPS) is 11.6.